The van der Waals surface area contributed by atoms with E-state index in [0.29, 0.717) is 10.7 Å². The average Bonchev–Trinajstić information content (AvgIpc) is 2.75. The minimum absolute atomic E-state index is 0.331. The highest BCUT2D eigenvalue weighted by molar-refractivity contribution is 7.15. The molecule has 2 rings (SSSR count). The fraction of sp³-hybridized carbons (Fsp3) is 0.167. The Balaban J connectivity index is 2.09. The molecule has 1 heterocycles. The molecule has 0 aliphatic heterocycles. The van der Waals surface area contributed by atoms with Gasteiger partial charge in [0.1, 0.15) is 5.01 Å². The molecule has 0 saturated heterocycles. The summed E-state index contributed by atoms with van der Waals surface area (Å²) < 4.78 is 0. The van der Waals surface area contributed by atoms with Crippen LogP contribution < -0.4 is 5.32 Å². The van der Waals surface area contributed by atoms with Crippen LogP contribution in [0.3, 0.4) is 0 Å². The molecule has 0 aliphatic rings. The molecule has 0 saturated carbocycles. The highest BCUT2D eigenvalue weighted by Gasteiger charge is 2.17. The van der Waals surface area contributed by atoms with E-state index in [2.05, 4.69) is 15.5 Å². The van der Waals surface area contributed by atoms with E-state index in [4.69, 9.17) is 0 Å². The van der Waals surface area contributed by atoms with Crippen molar-refractivity contribution in [1.29, 1.82) is 0 Å². The van der Waals surface area contributed by atoms with E-state index in [0.717, 1.165) is 10.6 Å². The van der Waals surface area contributed by atoms with Crippen LogP contribution in [-0.2, 0) is 4.79 Å². The summed E-state index contributed by atoms with van der Waals surface area (Å²) in [5.41, 5.74) is 1.39. The number of ketones is 1. The number of amides is 1. The molecule has 5 nitrogen and oxygen atoms in total. The van der Waals surface area contributed by atoms with Crippen molar-refractivity contribution in [2.75, 3.05) is 5.32 Å². The van der Waals surface area contributed by atoms with Gasteiger partial charge in [-0.3, -0.25) is 14.9 Å². The minimum atomic E-state index is -0.699. The Morgan fingerprint density at radius 1 is 1.11 bits per heavy atom. The minimum Gasteiger partial charge on any atom is -0.294 e. The molecule has 0 bridgehead atoms. The molecule has 0 atom stereocenters. The summed E-state index contributed by atoms with van der Waals surface area (Å²) in [5.74, 6) is -1.28. The number of nitrogens with one attached hydrogen (secondary N) is 1. The lowest BCUT2D eigenvalue weighted by molar-refractivity contribution is -0.112. The summed E-state index contributed by atoms with van der Waals surface area (Å²) in [5, 5.41) is 11.0. The number of aromatic nitrogens is 2. The highest BCUT2D eigenvalue weighted by atomic mass is 32.1. The van der Waals surface area contributed by atoms with Gasteiger partial charge in [-0.25, -0.2) is 0 Å². The van der Waals surface area contributed by atoms with Gasteiger partial charge in [-0.15, -0.1) is 10.2 Å². The first-order valence-corrected chi connectivity index (χ1v) is 6.10. The van der Waals surface area contributed by atoms with Crippen molar-refractivity contribution < 1.29 is 9.59 Å². The lowest BCUT2D eigenvalue weighted by Gasteiger charge is -2.01. The number of rotatable bonds is 3. The zero-order valence-electron chi connectivity index (χ0n) is 9.93. The molecule has 0 radical (unpaired) electrons. The van der Waals surface area contributed by atoms with Crippen molar-refractivity contribution in [3.8, 4) is 0 Å². The molecule has 1 aromatic carbocycles. The summed E-state index contributed by atoms with van der Waals surface area (Å²) in [4.78, 5) is 23.5. The number of carbonyl (C=O) groups is 2. The zero-order valence-corrected chi connectivity index (χ0v) is 10.7. The molecule has 1 amide bonds. The Morgan fingerprint density at radius 3 is 2.33 bits per heavy atom. The summed E-state index contributed by atoms with van der Waals surface area (Å²) in [6.45, 7) is 3.69. The second-order valence-electron chi connectivity index (χ2n) is 3.78. The number of hydrogen-bond donors (Lipinski definition) is 1. The number of Topliss-reactive ketones (excluding diaryl/α,β-unsaturated/α-hetero) is 1. The normalized spacial score (nSPS) is 10.1. The Bertz CT molecular complexity index is 590. The van der Waals surface area contributed by atoms with Gasteiger partial charge in [0.05, 0.1) is 0 Å². The topological polar surface area (TPSA) is 72.0 Å². The Kier molecular flexibility index (Phi) is 3.47. The summed E-state index contributed by atoms with van der Waals surface area (Å²) in [7, 11) is 0. The van der Waals surface area contributed by atoms with Gasteiger partial charge in [-0.2, -0.15) is 0 Å². The first-order chi connectivity index (χ1) is 8.56. The fourth-order valence-corrected chi connectivity index (χ4v) is 1.92. The van der Waals surface area contributed by atoms with Crippen LogP contribution in [0.5, 0.6) is 0 Å². The number of anilines is 1. The first-order valence-electron chi connectivity index (χ1n) is 5.29. The standard InChI is InChI=1S/C12H11N3O2S/c1-7-3-5-9(6-4-7)10(16)11(17)13-12-15-14-8(2)18-12/h3-6H,1-2H3,(H,13,15,17). The Morgan fingerprint density at radius 2 is 1.78 bits per heavy atom. The number of aryl methyl sites for hydroxylation is 2. The van der Waals surface area contributed by atoms with Crippen molar-refractivity contribution >= 4 is 28.2 Å². The van der Waals surface area contributed by atoms with Gasteiger partial charge in [0.25, 0.3) is 11.7 Å². The van der Waals surface area contributed by atoms with E-state index in [1.807, 2.05) is 6.92 Å². The lowest BCUT2D eigenvalue weighted by atomic mass is 10.1. The molecule has 1 aromatic heterocycles. The number of hydrogen-bond acceptors (Lipinski definition) is 5. The Hall–Kier alpha value is -2.08. The largest absolute Gasteiger partial charge is 0.298 e. The van der Waals surface area contributed by atoms with Gasteiger partial charge in [0.2, 0.25) is 5.13 Å². The van der Waals surface area contributed by atoms with Crippen molar-refractivity contribution in [2.45, 2.75) is 13.8 Å². The molecule has 0 aliphatic carbocycles. The van der Waals surface area contributed by atoms with Crippen molar-refractivity contribution in [3.05, 3.63) is 40.4 Å². The van der Waals surface area contributed by atoms with Crippen LogP contribution in [0.25, 0.3) is 0 Å². The van der Waals surface area contributed by atoms with E-state index in [1.165, 1.54) is 11.3 Å². The van der Waals surface area contributed by atoms with Gasteiger partial charge >= 0.3 is 0 Å². The van der Waals surface area contributed by atoms with Gasteiger partial charge in [-0.1, -0.05) is 41.2 Å². The van der Waals surface area contributed by atoms with E-state index >= 15 is 0 Å². The van der Waals surface area contributed by atoms with E-state index in [1.54, 1.807) is 31.2 Å². The second-order valence-corrected chi connectivity index (χ2v) is 4.96. The van der Waals surface area contributed by atoms with Crippen LogP contribution >= 0.6 is 11.3 Å². The molecular weight excluding hydrogens is 250 g/mol. The molecular formula is C12H11N3O2S. The summed E-state index contributed by atoms with van der Waals surface area (Å²) in [6, 6.07) is 6.83. The highest BCUT2D eigenvalue weighted by Crippen LogP contribution is 2.14. The Labute approximate surface area is 108 Å². The van der Waals surface area contributed by atoms with Crippen LogP contribution in [0, 0.1) is 13.8 Å². The third-order valence-corrected chi connectivity index (χ3v) is 3.02. The lowest BCUT2D eigenvalue weighted by Crippen LogP contribution is -2.22. The molecule has 0 fully saturated rings. The van der Waals surface area contributed by atoms with Crippen LogP contribution in [0.4, 0.5) is 5.13 Å². The van der Waals surface area contributed by atoms with Gasteiger partial charge < -0.3 is 0 Å². The van der Waals surface area contributed by atoms with E-state index in [-0.39, 0.29) is 0 Å². The van der Waals surface area contributed by atoms with E-state index in [9.17, 15) is 9.59 Å². The predicted octanol–water partition coefficient (Wildman–Crippen LogP) is 1.98. The summed E-state index contributed by atoms with van der Waals surface area (Å²) in [6.07, 6.45) is 0. The third kappa shape index (κ3) is 2.78. The maximum Gasteiger partial charge on any atom is 0.298 e. The molecule has 6 heteroatoms. The van der Waals surface area contributed by atoms with Crippen LogP contribution in [0.15, 0.2) is 24.3 Å². The van der Waals surface area contributed by atoms with E-state index < -0.39 is 11.7 Å². The SMILES string of the molecule is Cc1ccc(C(=O)C(=O)Nc2nnc(C)s2)cc1. The predicted molar refractivity (Wildman–Crippen MR) is 68.8 cm³/mol. The zero-order chi connectivity index (χ0) is 13.1. The fourth-order valence-electron chi connectivity index (χ4n) is 1.34. The maximum absolute atomic E-state index is 11.8. The molecule has 2 aromatic rings. The third-order valence-electron chi connectivity index (χ3n) is 2.27. The number of nitrogens with zero attached hydrogens (tertiary/aromatic N) is 2. The molecule has 0 spiro atoms. The van der Waals surface area contributed by atoms with Crippen LogP contribution in [0.1, 0.15) is 20.9 Å². The van der Waals surface area contributed by atoms with Crippen molar-refractivity contribution in [3.63, 3.8) is 0 Å². The van der Waals surface area contributed by atoms with Gasteiger partial charge in [0, 0.05) is 5.56 Å². The first kappa shape index (κ1) is 12.4. The number of carbonyl (C=O) groups excluding carboxylic acids is 2. The quantitative estimate of drug-likeness (QED) is 0.677. The van der Waals surface area contributed by atoms with Gasteiger partial charge in [-0.05, 0) is 13.8 Å². The molecule has 18 heavy (non-hydrogen) atoms. The second kappa shape index (κ2) is 5.05. The maximum atomic E-state index is 11.8. The van der Waals surface area contributed by atoms with Crippen LogP contribution in [0.2, 0.25) is 0 Å². The smallest absolute Gasteiger partial charge is 0.294 e. The monoisotopic (exact) mass is 261 g/mol. The molecule has 1 N–H and O–H groups in total. The van der Waals surface area contributed by atoms with Crippen LogP contribution in [-0.4, -0.2) is 21.9 Å². The molecule has 92 valence electrons. The average molecular weight is 261 g/mol. The number of benzene rings is 1. The van der Waals surface area contributed by atoms with Crippen molar-refractivity contribution in [2.24, 2.45) is 0 Å². The van der Waals surface area contributed by atoms with Gasteiger partial charge in [0.15, 0.2) is 0 Å². The summed E-state index contributed by atoms with van der Waals surface area (Å²) >= 11 is 1.22. The molecule has 0 unspecified atom stereocenters. The van der Waals surface area contributed by atoms with Crippen molar-refractivity contribution in [1.82, 2.24) is 10.2 Å².